The molecule has 2 aromatic carbocycles. The fraction of sp³-hybridized carbons (Fsp3) is 0.211. The number of nitrogens with one attached hydrogen (secondary N) is 1. The molecule has 1 N–H and O–H groups in total. The van der Waals surface area contributed by atoms with Crippen molar-refractivity contribution in [3.8, 4) is 0 Å². The minimum Gasteiger partial charge on any atom is -0.441 e. The van der Waals surface area contributed by atoms with E-state index in [2.05, 4.69) is 10.3 Å². The van der Waals surface area contributed by atoms with Gasteiger partial charge in [0, 0.05) is 37.3 Å². The van der Waals surface area contributed by atoms with Crippen molar-refractivity contribution in [3.63, 3.8) is 0 Å². The number of nitrogens with zero attached hydrogens (tertiary/aromatic N) is 2. The minimum atomic E-state index is -1.05. The first-order valence-electron chi connectivity index (χ1n) is 8.34. The zero-order chi connectivity index (χ0) is 19.1. The third kappa shape index (κ3) is 3.25. The number of hydrogen-bond donors (Lipinski definition) is 1. The number of benzene rings is 2. The second kappa shape index (κ2) is 6.46. The molecule has 0 aliphatic carbocycles. The number of halogens is 2. The lowest BCUT2D eigenvalue weighted by Crippen LogP contribution is -2.28. The Morgan fingerprint density at radius 3 is 2.81 bits per heavy atom. The fourth-order valence-corrected chi connectivity index (χ4v) is 3.15. The number of amides is 2. The molecule has 2 heterocycles. The van der Waals surface area contributed by atoms with Crippen molar-refractivity contribution >= 4 is 34.3 Å². The molecule has 138 valence electrons. The third-order valence-electron chi connectivity index (χ3n) is 4.47. The van der Waals surface area contributed by atoms with Crippen LogP contribution in [0.4, 0.5) is 20.2 Å². The number of anilines is 2. The first-order valence-corrected chi connectivity index (χ1v) is 8.34. The highest BCUT2D eigenvalue weighted by atomic mass is 19.2. The van der Waals surface area contributed by atoms with E-state index in [9.17, 15) is 18.4 Å². The quantitative estimate of drug-likeness (QED) is 0.766. The summed E-state index contributed by atoms with van der Waals surface area (Å²) in [6, 6.07) is 8.31. The molecule has 0 bridgehead atoms. The average molecular weight is 371 g/mol. The SMILES string of the molecule is Cc1nc2cc(N3CC(C(=O)Nc4ccc(F)c(F)c4)CC3=O)ccc2o1. The van der Waals surface area contributed by atoms with Crippen LogP contribution in [0, 0.1) is 24.5 Å². The van der Waals surface area contributed by atoms with E-state index in [0.717, 1.165) is 12.1 Å². The molecule has 8 heteroatoms. The maximum absolute atomic E-state index is 13.3. The first-order chi connectivity index (χ1) is 12.9. The topological polar surface area (TPSA) is 75.4 Å². The average Bonchev–Trinajstić information content (AvgIpc) is 3.19. The van der Waals surface area contributed by atoms with E-state index in [0.29, 0.717) is 22.7 Å². The highest BCUT2D eigenvalue weighted by molar-refractivity contribution is 6.04. The Hall–Kier alpha value is -3.29. The van der Waals surface area contributed by atoms with Gasteiger partial charge in [0.15, 0.2) is 23.1 Å². The summed E-state index contributed by atoms with van der Waals surface area (Å²) in [4.78, 5) is 30.5. The third-order valence-corrected chi connectivity index (χ3v) is 4.47. The van der Waals surface area contributed by atoms with Crippen molar-refractivity contribution in [3.05, 3.63) is 53.9 Å². The molecular weight excluding hydrogens is 356 g/mol. The number of carbonyl (C=O) groups is 2. The van der Waals surface area contributed by atoms with Crippen molar-refractivity contribution in [2.75, 3.05) is 16.8 Å². The molecule has 0 spiro atoms. The number of aromatic nitrogens is 1. The van der Waals surface area contributed by atoms with Crippen LogP contribution in [0.15, 0.2) is 40.8 Å². The first kappa shape index (κ1) is 17.1. The zero-order valence-corrected chi connectivity index (χ0v) is 14.3. The van der Waals surface area contributed by atoms with Crippen molar-refractivity contribution < 1.29 is 22.8 Å². The van der Waals surface area contributed by atoms with Crippen LogP contribution >= 0.6 is 0 Å². The Morgan fingerprint density at radius 1 is 1.22 bits per heavy atom. The molecule has 0 radical (unpaired) electrons. The lowest BCUT2D eigenvalue weighted by molar-refractivity contribution is -0.122. The Bertz CT molecular complexity index is 1060. The largest absolute Gasteiger partial charge is 0.441 e. The van der Waals surface area contributed by atoms with E-state index < -0.39 is 23.5 Å². The van der Waals surface area contributed by atoms with Crippen LogP contribution in [-0.2, 0) is 9.59 Å². The Kier molecular flexibility index (Phi) is 4.10. The number of hydrogen-bond acceptors (Lipinski definition) is 4. The van der Waals surface area contributed by atoms with Crippen molar-refractivity contribution in [1.82, 2.24) is 4.98 Å². The van der Waals surface area contributed by atoms with Crippen molar-refractivity contribution in [1.29, 1.82) is 0 Å². The van der Waals surface area contributed by atoms with Crippen LogP contribution in [-0.4, -0.2) is 23.3 Å². The minimum absolute atomic E-state index is 0.0331. The van der Waals surface area contributed by atoms with Gasteiger partial charge >= 0.3 is 0 Å². The smallest absolute Gasteiger partial charge is 0.229 e. The Morgan fingerprint density at radius 2 is 2.04 bits per heavy atom. The van der Waals surface area contributed by atoms with Gasteiger partial charge in [0.1, 0.15) is 5.52 Å². The summed E-state index contributed by atoms with van der Waals surface area (Å²) in [5.74, 6) is -2.73. The van der Waals surface area contributed by atoms with Crippen LogP contribution in [0.1, 0.15) is 12.3 Å². The molecule has 1 fully saturated rings. The van der Waals surface area contributed by atoms with E-state index in [1.54, 1.807) is 25.1 Å². The van der Waals surface area contributed by atoms with E-state index in [-0.39, 0.29) is 24.6 Å². The Labute approximate surface area is 152 Å². The second-order valence-corrected chi connectivity index (χ2v) is 6.41. The number of fused-ring (bicyclic) bond motifs is 1. The lowest BCUT2D eigenvalue weighted by Gasteiger charge is -2.16. The predicted molar refractivity (Wildman–Crippen MR) is 94.2 cm³/mol. The van der Waals surface area contributed by atoms with Gasteiger partial charge in [0.2, 0.25) is 11.8 Å². The van der Waals surface area contributed by atoms with E-state index in [4.69, 9.17) is 4.42 Å². The fourth-order valence-electron chi connectivity index (χ4n) is 3.15. The summed E-state index contributed by atoms with van der Waals surface area (Å²) in [6.07, 6.45) is 0.0331. The van der Waals surface area contributed by atoms with Crippen LogP contribution < -0.4 is 10.2 Å². The number of rotatable bonds is 3. The normalized spacial score (nSPS) is 16.9. The molecule has 1 aliphatic heterocycles. The summed E-state index contributed by atoms with van der Waals surface area (Å²) in [7, 11) is 0. The molecule has 6 nitrogen and oxygen atoms in total. The highest BCUT2D eigenvalue weighted by Gasteiger charge is 2.35. The predicted octanol–water partition coefficient (Wildman–Crippen LogP) is 3.41. The molecule has 0 saturated carbocycles. The van der Waals surface area contributed by atoms with Crippen molar-refractivity contribution in [2.24, 2.45) is 5.92 Å². The summed E-state index contributed by atoms with van der Waals surface area (Å²) in [5, 5.41) is 2.53. The molecule has 3 aromatic rings. The van der Waals surface area contributed by atoms with Crippen LogP contribution in [0.2, 0.25) is 0 Å². The monoisotopic (exact) mass is 371 g/mol. The van der Waals surface area contributed by atoms with Gasteiger partial charge in [-0.05, 0) is 30.3 Å². The van der Waals surface area contributed by atoms with Crippen LogP contribution in [0.5, 0.6) is 0 Å². The molecule has 1 unspecified atom stereocenters. The molecule has 2 amide bonds. The standard InChI is InChI=1S/C19H15F2N3O3/c1-10-22-16-8-13(3-5-17(16)27-10)24-9-11(6-18(24)25)19(26)23-12-2-4-14(20)15(21)7-12/h2-5,7-8,11H,6,9H2,1H3,(H,23,26). The highest BCUT2D eigenvalue weighted by Crippen LogP contribution is 2.29. The summed E-state index contributed by atoms with van der Waals surface area (Å²) >= 11 is 0. The van der Waals surface area contributed by atoms with Gasteiger partial charge in [0.05, 0.1) is 5.92 Å². The van der Waals surface area contributed by atoms with Gasteiger partial charge in [-0.2, -0.15) is 0 Å². The molecule has 4 rings (SSSR count). The van der Waals surface area contributed by atoms with Gasteiger partial charge in [-0.15, -0.1) is 0 Å². The van der Waals surface area contributed by atoms with Crippen molar-refractivity contribution in [2.45, 2.75) is 13.3 Å². The molecule has 27 heavy (non-hydrogen) atoms. The van der Waals surface area contributed by atoms with Gasteiger partial charge < -0.3 is 14.6 Å². The number of oxazole rings is 1. The number of carbonyl (C=O) groups excluding carboxylic acids is 2. The van der Waals surface area contributed by atoms with Gasteiger partial charge in [0.25, 0.3) is 0 Å². The molecule has 1 atom stereocenters. The van der Waals surface area contributed by atoms with Gasteiger partial charge in [-0.1, -0.05) is 0 Å². The zero-order valence-electron chi connectivity index (χ0n) is 14.3. The maximum atomic E-state index is 13.3. The van der Waals surface area contributed by atoms with E-state index >= 15 is 0 Å². The molecular formula is C19H15F2N3O3. The summed E-state index contributed by atoms with van der Waals surface area (Å²) in [6.45, 7) is 1.93. The van der Waals surface area contributed by atoms with Gasteiger partial charge in [-0.3, -0.25) is 9.59 Å². The summed E-state index contributed by atoms with van der Waals surface area (Å²) < 4.78 is 31.7. The van der Waals surface area contributed by atoms with E-state index in [1.807, 2.05) is 0 Å². The molecule has 1 saturated heterocycles. The molecule has 1 aromatic heterocycles. The summed E-state index contributed by atoms with van der Waals surface area (Å²) in [5.41, 5.74) is 2.02. The molecule has 1 aliphatic rings. The maximum Gasteiger partial charge on any atom is 0.229 e. The Balaban J connectivity index is 1.50. The van der Waals surface area contributed by atoms with Crippen LogP contribution in [0.25, 0.3) is 11.1 Å². The second-order valence-electron chi connectivity index (χ2n) is 6.41. The van der Waals surface area contributed by atoms with E-state index in [1.165, 1.54) is 11.0 Å². The number of aryl methyl sites for hydroxylation is 1. The van der Waals surface area contributed by atoms with Gasteiger partial charge in [-0.25, -0.2) is 13.8 Å². The van der Waals surface area contributed by atoms with Crippen LogP contribution in [0.3, 0.4) is 0 Å². The lowest BCUT2D eigenvalue weighted by atomic mass is 10.1.